The molecule has 0 amide bonds. The maximum atomic E-state index is 9.85. The van der Waals surface area contributed by atoms with Crippen LogP contribution < -0.4 is 5.32 Å². The van der Waals surface area contributed by atoms with Gasteiger partial charge in [0.25, 0.3) is 0 Å². The SMILES string of the molecule is CC1CC(NCC(O)C2CC2)CC(C)(C)C1. The Morgan fingerprint density at radius 1 is 1.31 bits per heavy atom. The van der Waals surface area contributed by atoms with Crippen molar-refractivity contribution in [3.63, 3.8) is 0 Å². The van der Waals surface area contributed by atoms with E-state index < -0.39 is 0 Å². The van der Waals surface area contributed by atoms with Gasteiger partial charge in [-0.15, -0.1) is 0 Å². The Labute approximate surface area is 99.8 Å². The van der Waals surface area contributed by atoms with Gasteiger partial charge in [-0.1, -0.05) is 20.8 Å². The average Bonchev–Trinajstić information content (AvgIpc) is 2.93. The minimum atomic E-state index is -0.0969. The highest BCUT2D eigenvalue weighted by atomic mass is 16.3. The van der Waals surface area contributed by atoms with Gasteiger partial charge < -0.3 is 10.4 Å². The molecule has 2 heteroatoms. The molecular weight excluding hydrogens is 198 g/mol. The molecule has 2 nitrogen and oxygen atoms in total. The standard InChI is InChI=1S/C14H27NO/c1-10-6-12(8-14(2,3)7-10)15-9-13(16)11-4-5-11/h10-13,15-16H,4-9H2,1-3H3. The third-order valence-electron chi connectivity index (χ3n) is 4.17. The normalized spacial score (nSPS) is 36.0. The van der Waals surface area contributed by atoms with E-state index >= 15 is 0 Å². The van der Waals surface area contributed by atoms with Gasteiger partial charge in [-0.3, -0.25) is 0 Å². The highest BCUT2D eigenvalue weighted by Crippen LogP contribution is 2.38. The zero-order valence-corrected chi connectivity index (χ0v) is 11.0. The fourth-order valence-electron chi connectivity index (χ4n) is 3.44. The number of aliphatic hydroxyl groups excluding tert-OH is 1. The molecule has 0 radical (unpaired) electrons. The van der Waals surface area contributed by atoms with Crippen LogP contribution >= 0.6 is 0 Å². The molecule has 2 aliphatic carbocycles. The van der Waals surface area contributed by atoms with Gasteiger partial charge in [-0.2, -0.15) is 0 Å². The van der Waals surface area contributed by atoms with Gasteiger partial charge in [-0.25, -0.2) is 0 Å². The maximum absolute atomic E-state index is 9.85. The van der Waals surface area contributed by atoms with Crippen molar-refractivity contribution in [2.75, 3.05) is 6.54 Å². The fourth-order valence-corrected chi connectivity index (χ4v) is 3.44. The van der Waals surface area contributed by atoms with Crippen LogP contribution in [0.15, 0.2) is 0 Å². The quantitative estimate of drug-likeness (QED) is 0.770. The number of hydrogen-bond acceptors (Lipinski definition) is 2. The molecule has 2 N–H and O–H groups in total. The number of rotatable bonds is 4. The van der Waals surface area contributed by atoms with Crippen molar-refractivity contribution in [3.8, 4) is 0 Å². The second-order valence-electron chi connectivity index (χ2n) is 6.92. The zero-order valence-electron chi connectivity index (χ0n) is 11.0. The molecule has 0 heterocycles. The molecular formula is C14H27NO. The Balaban J connectivity index is 1.75. The van der Waals surface area contributed by atoms with Crippen LogP contribution in [0.1, 0.15) is 52.9 Å². The molecule has 16 heavy (non-hydrogen) atoms. The highest BCUT2D eigenvalue weighted by Gasteiger charge is 2.33. The lowest BCUT2D eigenvalue weighted by molar-refractivity contribution is 0.115. The van der Waals surface area contributed by atoms with Crippen molar-refractivity contribution in [2.45, 2.75) is 65.0 Å². The Hall–Kier alpha value is -0.0800. The van der Waals surface area contributed by atoms with Gasteiger partial charge in [0.1, 0.15) is 0 Å². The second kappa shape index (κ2) is 4.66. The first-order chi connectivity index (χ1) is 7.46. The van der Waals surface area contributed by atoms with Crippen molar-refractivity contribution in [1.82, 2.24) is 5.32 Å². The molecule has 3 unspecified atom stereocenters. The molecule has 0 saturated heterocycles. The van der Waals surface area contributed by atoms with E-state index in [4.69, 9.17) is 0 Å². The van der Waals surface area contributed by atoms with E-state index in [0.717, 1.165) is 12.5 Å². The van der Waals surface area contributed by atoms with E-state index in [9.17, 15) is 5.11 Å². The Bertz CT molecular complexity index is 235. The van der Waals surface area contributed by atoms with Crippen LogP contribution in [0, 0.1) is 17.3 Å². The summed E-state index contributed by atoms with van der Waals surface area (Å²) < 4.78 is 0. The van der Waals surface area contributed by atoms with Gasteiger partial charge in [0.15, 0.2) is 0 Å². The van der Waals surface area contributed by atoms with Gasteiger partial charge >= 0.3 is 0 Å². The van der Waals surface area contributed by atoms with Crippen molar-refractivity contribution >= 4 is 0 Å². The third kappa shape index (κ3) is 3.46. The van der Waals surface area contributed by atoms with E-state index in [2.05, 4.69) is 26.1 Å². The summed E-state index contributed by atoms with van der Waals surface area (Å²) in [6, 6.07) is 0.618. The Morgan fingerprint density at radius 3 is 2.56 bits per heavy atom. The van der Waals surface area contributed by atoms with E-state index in [1.165, 1.54) is 32.1 Å². The predicted octanol–water partition coefficient (Wildman–Crippen LogP) is 2.56. The average molecular weight is 225 g/mol. The fraction of sp³-hybridized carbons (Fsp3) is 1.00. The van der Waals surface area contributed by atoms with Crippen molar-refractivity contribution in [3.05, 3.63) is 0 Å². The topological polar surface area (TPSA) is 32.3 Å². The molecule has 2 aliphatic rings. The largest absolute Gasteiger partial charge is 0.392 e. The first-order valence-electron chi connectivity index (χ1n) is 6.88. The number of aliphatic hydroxyl groups is 1. The third-order valence-corrected chi connectivity index (χ3v) is 4.17. The summed E-state index contributed by atoms with van der Waals surface area (Å²) in [5, 5.41) is 13.4. The van der Waals surface area contributed by atoms with Crippen LogP contribution in [0.5, 0.6) is 0 Å². The minimum absolute atomic E-state index is 0.0969. The molecule has 0 aromatic carbocycles. The lowest BCUT2D eigenvalue weighted by Crippen LogP contribution is -2.43. The number of hydrogen-bond donors (Lipinski definition) is 2. The molecule has 0 spiro atoms. The van der Waals surface area contributed by atoms with Crippen LogP contribution in [0.25, 0.3) is 0 Å². The Morgan fingerprint density at radius 2 is 2.00 bits per heavy atom. The van der Waals surface area contributed by atoms with Crippen LogP contribution in [0.4, 0.5) is 0 Å². The molecule has 2 rings (SSSR count). The van der Waals surface area contributed by atoms with Crippen LogP contribution in [0.3, 0.4) is 0 Å². The van der Waals surface area contributed by atoms with Crippen molar-refractivity contribution in [2.24, 2.45) is 17.3 Å². The molecule has 0 bridgehead atoms. The summed E-state index contributed by atoms with van der Waals surface area (Å²) >= 11 is 0. The molecule has 3 atom stereocenters. The van der Waals surface area contributed by atoms with Gasteiger partial charge in [0.05, 0.1) is 6.10 Å². The smallest absolute Gasteiger partial charge is 0.0692 e. The van der Waals surface area contributed by atoms with Gasteiger partial charge in [0.2, 0.25) is 0 Å². The summed E-state index contributed by atoms with van der Waals surface area (Å²) in [4.78, 5) is 0. The first-order valence-corrected chi connectivity index (χ1v) is 6.88. The monoisotopic (exact) mass is 225 g/mol. The molecule has 0 aromatic rings. The summed E-state index contributed by atoms with van der Waals surface area (Å²) in [5.41, 5.74) is 0.472. The maximum Gasteiger partial charge on any atom is 0.0692 e. The second-order valence-corrected chi connectivity index (χ2v) is 6.92. The molecule has 2 saturated carbocycles. The highest BCUT2D eigenvalue weighted by molar-refractivity contribution is 4.88. The predicted molar refractivity (Wildman–Crippen MR) is 67.3 cm³/mol. The summed E-state index contributed by atoms with van der Waals surface area (Å²) in [6.45, 7) is 7.90. The lowest BCUT2D eigenvalue weighted by Gasteiger charge is -2.39. The van der Waals surface area contributed by atoms with E-state index in [-0.39, 0.29) is 6.10 Å². The molecule has 2 fully saturated rings. The molecule has 0 aliphatic heterocycles. The molecule has 0 aromatic heterocycles. The van der Waals surface area contributed by atoms with E-state index in [1.54, 1.807) is 0 Å². The van der Waals surface area contributed by atoms with Crippen molar-refractivity contribution in [1.29, 1.82) is 0 Å². The number of nitrogens with one attached hydrogen (secondary N) is 1. The lowest BCUT2D eigenvalue weighted by atomic mass is 9.70. The van der Waals surface area contributed by atoms with Gasteiger partial charge in [-0.05, 0) is 49.4 Å². The first kappa shape index (κ1) is 12.4. The van der Waals surface area contributed by atoms with E-state index in [0.29, 0.717) is 17.4 Å². The Kier molecular flexibility index (Phi) is 3.60. The summed E-state index contributed by atoms with van der Waals surface area (Å²) in [7, 11) is 0. The van der Waals surface area contributed by atoms with Crippen LogP contribution in [-0.4, -0.2) is 23.8 Å². The van der Waals surface area contributed by atoms with Crippen molar-refractivity contribution < 1.29 is 5.11 Å². The summed E-state index contributed by atoms with van der Waals surface area (Å²) in [5.74, 6) is 1.42. The van der Waals surface area contributed by atoms with E-state index in [1.807, 2.05) is 0 Å². The molecule has 94 valence electrons. The van der Waals surface area contributed by atoms with Crippen LogP contribution in [0.2, 0.25) is 0 Å². The minimum Gasteiger partial charge on any atom is -0.392 e. The summed E-state index contributed by atoms with van der Waals surface area (Å²) in [6.07, 6.45) is 6.25. The van der Waals surface area contributed by atoms with Crippen LogP contribution in [-0.2, 0) is 0 Å². The zero-order chi connectivity index (χ0) is 11.8. The van der Waals surface area contributed by atoms with Gasteiger partial charge in [0, 0.05) is 12.6 Å².